The van der Waals surface area contributed by atoms with Crippen molar-refractivity contribution in [1.29, 1.82) is 0 Å². The standard InChI is InChI=1S/C20H28N4O7/c1-11(25)17(19(30)22-10-16(27)28)23-18(29)15-3-2-8-24(15)20(31)14(21)9-12-4-6-13(26)7-5-12/h4-7,11,14-15,17,25-26H,2-3,8-10,21H2,1H3,(H,22,30)(H,23,29)(H,27,28). The lowest BCUT2D eigenvalue weighted by Crippen LogP contribution is -2.58. The zero-order valence-electron chi connectivity index (χ0n) is 17.2. The molecule has 1 aromatic rings. The molecule has 2 rings (SSSR count). The van der Waals surface area contributed by atoms with Crippen LogP contribution in [-0.4, -0.2) is 81.2 Å². The lowest BCUT2D eigenvalue weighted by atomic mass is 10.0. The first-order chi connectivity index (χ1) is 14.6. The van der Waals surface area contributed by atoms with Gasteiger partial charge in [0, 0.05) is 6.54 Å². The number of aliphatic hydroxyl groups is 1. The van der Waals surface area contributed by atoms with E-state index < -0.39 is 54.5 Å². The number of amides is 3. The van der Waals surface area contributed by atoms with Crippen LogP contribution in [0.25, 0.3) is 0 Å². The summed E-state index contributed by atoms with van der Waals surface area (Å²) in [6, 6.07) is 3.17. The van der Waals surface area contributed by atoms with Crippen molar-refractivity contribution >= 4 is 23.7 Å². The molecule has 0 aliphatic carbocycles. The molecule has 1 aliphatic rings. The molecule has 11 heteroatoms. The zero-order valence-corrected chi connectivity index (χ0v) is 17.2. The Morgan fingerprint density at radius 3 is 2.45 bits per heavy atom. The number of phenolic OH excluding ortho intramolecular Hbond substituents is 1. The molecule has 3 amide bonds. The van der Waals surface area contributed by atoms with Gasteiger partial charge in [0.25, 0.3) is 0 Å². The molecule has 1 heterocycles. The van der Waals surface area contributed by atoms with Crippen LogP contribution in [0.3, 0.4) is 0 Å². The van der Waals surface area contributed by atoms with Gasteiger partial charge in [0.2, 0.25) is 17.7 Å². The summed E-state index contributed by atoms with van der Waals surface area (Å²) in [6.07, 6.45) is -0.120. The minimum atomic E-state index is -1.37. The summed E-state index contributed by atoms with van der Waals surface area (Å²) in [5, 5.41) is 32.4. The number of aromatic hydroxyl groups is 1. The van der Waals surface area contributed by atoms with Gasteiger partial charge >= 0.3 is 5.97 Å². The highest BCUT2D eigenvalue weighted by atomic mass is 16.4. The van der Waals surface area contributed by atoms with Crippen LogP contribution in [0, 0.1) is 0 Å². The van der Waals surface area contributed by atoms with Gasteiger partial charge in [0.1, 0.15) is 24.4 Å². The van der Waals surface area contributed by atoms with Gasteiger partial charge in [0.05, 0.1) is 12.1 Å². The molecule has 170 valence electrons. The fourth-order valence-corrected chi connectivity index (χ4v) is 3.42. The number of nitrogens with two attached hydrogens (primary N) is 1. The van der Waals surface area contributed by atoms with Crippen LogP contribution in [0.5, 0.6) is 5.75 Å². The Morgan fingerprint density at radius 1 is 1.23 bits per heavy atom. The first-order valence-electron chi connectivity index (χ1n) is 9.92. The summed E-state index contributed by atoms with van der Waals surface area (Å²) in [7, 11) is 0. The number of aliphatic carboxylic acids is 1. The quantitative estimate of drug-likeness (QED) is 0.265. The van der Waals surface area contributed by atoms with Gasteiger partial charge in [-0.25, -0.2) is 0 Å². The maximum absolute atomic E-state index is 12.8. The number of carbonyl (C=O) groups is 4. The van der Waals surface area contributed by atoms with Gasteiger partial charge in [0.15, 0.2) is 0 Å². The smallest absolute Gasteiger partial charge is 0.322 e. The van der Waals surface area contributed by atoms with Crippen LogP contribution in [0.2, 0.25) is 0 Å². The number of hydrogen-bond acceptors (Lipinski definition) is 7. The van der Waals surface area contributed by atoms with Crippen molar-refractivity contribution in [2.75, 3.05) is 13.1 Å². The van der Waals surface area contributed by atoms with Gasteiger partial charge in [-0.1, -0.05) is 12.1 Å². The monoisotopic (exact) mass is 436 g/mol. The van der Waals surface area contributed by atoms with Crippen molar-refractivity contribution in [2.45, 2.75) is 50.4 Å². The number of benzene rings is 1. The molecular formula is C20H28N4O7. The Hall–Kier alpha value is -3.18. The van der Waals surface area contributed by atoms with E-state index in [0.29, 0.717) is 19.4 Å². The molecule has 4 atom stereocenters. The number of carbonyl (C=O) groups excluding carboxylic acids is 3. The molecule has 0 radical (unpaired) electrons. The van der Waals surface area contributed by atoms with Crippen molar-refractivity contribution < 1.29 is 34.5 Å². The number of nitrogens with zero attached hydrogens (tertiary/aromatic N) is 1. The van der Waals surface area contributed by atoms with E-state index in [-0.39, 0.29) is 12.2 Å². The fourth-order valence-electron chi connectivity index (χ4n) is 3.42. The number of hydrogen-bond donors (Lipinski definition) is 6. The average Bonchev–Trinajstić information content (AvgIpc) is 3.20. The number of phenols is 1. The molecule has 0 bridgehead atoms. The molecular weight excluding hydrogens is 408 g/mol. The molecule has 1 fully saturated rings. The maximum Gasteiger partial charge on any atom is 0.322 e. The van der Waals surface area contributed by atoms with Gasteiger partial charge < -0.3 is 36.6 Å². The lowest BCUT2D eigenvalue weighted by Gasteiger charge is -2.29. The van der Waals surface area contributed by atoms with E-state index in [0.717, 1.165) is 5.56 Å². The summed E-state index contributed by atoms with van der Waals surface area (Å²) in [6.45, 7) is 0.958. The average molecular weight is 436 g/mol. The highest BCUT2D eigenvalue weighted by molar-refractivity contribution is 5.94. The molecule has 1 aliphatic heterocycles. The van der Waals surface area contributed by atoms with Crippen LogP contribution in [0.15, 0.2) is 24.3 Å². The van der Waals surface area contributed by atoms with Crippen molar-refractivity contribution in [3.8, 4) is 5.75 Å². The van der Waals surface area contributed by atoms with E-state index in [1.165, 1.54) is 24.0 Å². The number of aliphatic hydroxyl groups excluding tert-OH is 1. The molecule has 0 aromatic heterocycles. The Bertz CT molecular complexity index is 812. The Balaban J connectivity index is 2.02. The first kappa shape index (κ1) is 24.1. The van der Waals surface area contributed by atoms with Gasteiger partial charge in [-0.15, -0.1) is 0 Å². The molecule has 0 saturated carbocycles. The van der Waals surface area contributed by atoms with Crippen molar-refractivity contribution in [3.63, 3.8) is 0 Å². The SMILES string of the molecule is CC(O)C(NC(=O)C1CCCN1C(=O)C(N)Cc1ccc(O)cc1)C(=O)NCC(=O)O. The third-order valence-corrected chi connectivity index (χ3v) is 5.02. The van der Waals surface area contributed by atoms with Crippen LogP contribution in [0.4, 0.5) is 0 Å². The molecule has 31 heavy (non-hydrogen) atoms. The summed E-state index contributed by atoms with van der Waals surface area (Å²) in [4.78, 5) is 49.7. The van der Waals surface area contributed by atoms with E-state index >= 15 is 0 Å². The number of nitrogens with one attached hydrogen (secondary N) is 2. The van der Waals surface area contributed by atoms with E-state index in [9.17, 15) is 29.4 Å². The van der Waals surface area contributed by atoms with E-state index in [1.54, 1.807) is 12.1 Å². The van der Waals surface area contributed by atoms with E-state index in [4.69, 9.17) is 10.8 Å². The predicted molar refractivity (Wildman–Crippen MR) is 109 cm³/mol. The first-order valence-corrected chi connectivity index (χ1v) is 9.92. The van der Waals surface area contributed by atoms with Crippen molar-refractivity contribution in [1.82, 2.24) is 15.5 Å². The van der Waals surface area contributed by atoms with Gasteiger partial charge in [-0.2, -0.15) is 0 Å². The number of likely N-dealkylation sites (tertiary alicyclic amines) is 1. The number of carboxylic acid groups (broad SMARTS) is 1. The molecule has 7 N–H and O–H groups in total. The predicted octanol–water partition coefficient (Wildman–Crippen LogP) is -1.68. The second-order valence-electron chi connectivity index (χ2n) is 7.51. The van der Waals surface area contributed by atoms with Crippen molar-refractivity contribution in [3.05, 3.63) is 29.8 Å². The highest BCUT2D eigenvalue weighted by Gasteiger charge is 2.38. The molecule has 1 aromatic carbocycles. The van der Waals surface area contributed by atoms with Crippen LogP contribution < -0.4 is 16.4 Å². The molecule has 11 nitrogen and oxygen atoms in total. The van der Waals surface area contributed by atoms with Crippen molar-refractivity contribution in [2.24, 2.45) is 5.73 Å². The summed E-state index contributed by atoms with van der Waals surface area (Å²) >= 11 is 0. The second-order valence-corrected chi connectivity index (χ2v) is 7.51. The second kappa shape index (κ2) is 10.7. The largest absolute Gasteiger partial charge is 0.508 e. The third kappa shape index (κ3) is 6.66. The van der Waals surface area contributed by atoms with E-state index in [2.05, 4.69) is 10.6 Å². The number of rotatable bonds is 9. The third-order valence-electron chi connectivity index (χ3n) is 5.02. The topological polar surface area (TPSA) is 182 Å². The highest BCUT2D eigenvalue weighted by Crippen LogP contribution is 2.20. The maximum atomic E-state index is 12.8. The summed E-state index contributed by atoms with van der Waals surface area (Å²) in [5.41, 5.74) is 6.80. The van der Waals surface area contributed by atoms with Gasteiger partial charge in [-0.05, 0) is 43.9 Å². The Labute approximate surface area is 179 Å². The summed E-state index contributed by atoms with van der Waals surface area (Å²) < 4.78 is 0. The molecule has 1 saturated heterocycles. The Kier molecular flexibility index (Phi) is 8.34. The van der Waals surface area contributed by atoms with Gasteiger partial charge in [-0.3, -0.25) is 19.2 Å². The molecule has 4 unspecified atom stereocenters. The minimum Gasteiger partial charge on any atom is -0.508 e. The fraction of sp³-hybridized carbons (Fsp3) is 0.500. The van der Waals surface area contributed by atoms with E-state index in [1.807, 2.05) is 0 Å². The normalized spacial score (nSPS) is 18.7. The zero-order chi connectivity index (χ0) is 23.1. The number of carboxylic acids is 1. The summed E-state index contributed by atoms with van der Waals surface area (Å²) in [5.74, 6) is -3.06. The van der Waals surface area contributed by atoms with Crippen LogP contribution in [-0.2, 0) is 25.6 Å². The van der Waals surface area contributed by atoms with Crippen LogP contribution in [0.1, 0.15) is 25.3 Å². The van der Waals surface area contributed by atoms with Crippen LogP contribution >= 0.6 is 0 Å². The lowest BCUT2D eigenvalue weighted by molar-refractivity contribution is -0.142. The molecule has 0 spiro atoms. The minimum absolute atomic E-state index is 0.0972. The Morgan fingerprint density at radius 2 is 1.87 bits per heavy atom.